The molecule has 2 rings (SSSR count). The van der Waals surface area contributed by atoms with Gasteiger partial charge in [-0.3, -0.25) is 9.59 Å². The fourth-order valence-electron chi connectivity index (χ4n) is 2.68. The lowest BCUT2D eigenvalue weighted by Gasteiger charge is -2.29. The molecular formula is C23H29FN2O2S. The maximum absolute atomic E-state index is 13.2. The minimum absolute atomic E-state index is 0.132. The van der Waals surface area contributed by atoms with Crippen molar-refractivity contribution in [1.82, 2.24) is 10.2 Å². The maximum Gasteiger partial charge on any atom is 0.242 e. The molecule has 0 spiro atoms. The van der Waals surface area contributed by atoms with Crippen LogP contribution in [0.4, 0.5) is 4.39 Å². The predicted molar refractivity (Wildman–Crippen MR) is 116 cm³/mol. The minimum atomic E-state index is -0.620. The number of aryl methyl sites for hydroxylation is 1. The molecule has 0 saturated heterocycles. The summed E-state index contributed by atoms with van der Waals surface area (Å²) in [4.78, 5) is 28.1. The van der Waals surface area contributed by atoms with E-state index >= 15 is 0 Å². The highest BCUT2D eigenvalue weighted by atomic mass is 32.2. The fraction of sp³-hybridized carbons (Fsp3) is 0.391. The first-order valence-corrected chi connectivity index (χ1v) is 10.8. The molecular weight excluding hydrogens is 387 g/mol. The third-order valence-corrected chi connectivity index (χ3v) is 5.50. The molecule has 0 aliphatic heterocycles. The van der Waals surface area contributed by atoms with Gasteiger partial charge < -0.3 is 10.2 Å². The SMILES string of the molecule is Cc1ccc(SCC(=O)N(Cc2ccc(F)cc2)C(C)C(=O)NCC(C)C)cc1. The summed E-state index contributed by atoms with van der Waals surface area (Å²) in [6.07, 6.45) is 0. The van der Waals surface area contributed by atoms with Crippen LogP contribution in [0.25, 0.3) is 0 Å². The molecule has 2 aromatic carbocycles. The Morgan fingerprint density at radius 3 is 2.24 bits per heavy atom. The van der Waals surface area contributed by atoms with E-state index in [1.165, 1.54) is 23.9 Å². The molecule has 0 bridgehead atoms. The number of rotatable bonds is 9. The Balaban J connectivity index is 2.10. The summed E-state index contributed by atoms with van der Waals surface area (Å²) in [7, 11) is 0. The van der Waals surface area contributed by atoms with Crippen LogP contribution in [0.5, 0.6) is 0 Å². The molecule has 0 fully saturated rings. The lowest BCUT2D eigenvalue weighted by Crippen LogP contribution is -2.48. The number of hydrogen-bond acceptors (Lipinski definition) is 3. The molecule has 6 heteroatoms. The number of halogens is 1. The number of carbonyl (C=O) groups is 2. The molecule has 0 radical (unpaired) electrons. The molecule has 156 valence electrons. The van der Waals surface area contributed by atoms with E-state index < -0.39 is 6.04 Å². The standard InChI is InChI=1S/C23H29FN2O2S/c1-16(2)13-25-23(28)18(4)26(14-19-7-9-20(24)10-8-19)22(27)15-29-21-11-5-17(3)6-12-21/h5-12,16,18H,13-15H2,1-4H3,(H,25,28). The van der Waals surface area contributed by atoms with E-state index in [1.807, 2.05) is 45.0 Å². The third-order valence-electron chi connectivity index (χ3n) is 4.50. The second-order valence-electron chi connectivity index (χ2n) is 7.56. The largest absolute Gasteiger partial charge is 0.354 e. The van der Waals surface area contributed by atoms with Gasteiger partial charge in [0.25, 0.3) is 0 Å². The first-order valence-electron chi connectivity index (χ1n) is 9.77. The summed E-state index contributed by atoms with van der Waals surface area (Å²) in [5.74, 6) is -0.0955. The highest BCUT2D eigenvalue weighted by molar-refractivity contribution is 8.00. The molecule has 0 saturated carbocycles. The topological polar surface area (TPSA) is 49.4 Å². The smallest absolute Gasteiger partial charge is 0.242 e. The van der Waals surface area contributed by atoms with Crippen molar-refractivity contribution in [2.75, 3.05) is 12.3 Å². The molecule has 1 unspecified atom stereocenters. The summed E-state index contributed by atoms with van der Waals surface area (Å²) in [5.41, 5.74) is 1.94. The highest BCUT2D eigenvalue weighted by Gasteiger charge is 2.26. The van der Waals surface area contributed by atoms with Gasteiger partial charge in [-0.05, 0) is 49.6 Å². The Morgan fingerprint density at radius 2 is 1.66 bits per heavy atom. The predicted octanol–water partition coefficient (Wildman–Crippen LogP) is 4.42. The van der Waals surface area contributed by atoms with Crippen LogP contribution in [-0.2, 0) is 16.1 Å². The second-order valence-corrected chi connectivity index (χ2v) is 8.61. The zero-order valence-electron chi connectivity index (χ0n) is 17.4. The Bertz CT molecular complexity index is 807. The average Bonchev–Trinajstić information content (AvgIpc) is 2.70. The molecule has 0 aliphatic carbocycles. The molecule has 4 nitrogen and oxygen atoms in total. The molecule has 2 aromatic rings. The number of nitrogens with zero attached hydrogens (tertiary/aromatic N) is 1. The normalized spacial score (nSPS) is 11.9. The molecule has 29 heavy (non-hydrogen) atoms. The van der Waals surface area contributed by atoms with Crippen molar-refractivity contribution in [2.24, 2.45) is 5.92 Å². The van der Waals surface area contributed by atoms with Gasteiger partial charge in [0, 0.05) is 18.0 Å². The van der Waals surface area contributed by atoms with Gasteiger partial charge in [0.15, 0.2) is 0 Å². The van der Waals surface area contributed by atoms with E-state index in [4.69, 9.17) is 0 Å². The highest BCUT2D eigenvalue weighted by Crippen LogP contribution is 2.20. The summed E-state index contributed by atoms with van der Waals surface area (Å²) in [5, 5.41) is 2.89. The van der Waals surface area contributed by atoms with Gasteiger partial charge in [-0.1, -0.05) is 43.7 Å². The van der Waals surface area contributed by atoms with Gasteiger partial charge in [-0.2, -0.15) is 0 Å². The van der Waals surface area contributed by atoms with Crippen LogP contribution in [0.2, 0.25) is 0 Å². The Labute approximate surface area is 176 Å². The molecule has 1 N–H and O–H groups in total. The van der Waals surface area contributed by atoms with Crippen molar-refractivity contribution in [2.45, 2.75) is 45.2 Å². The molecule has 0 aliphatic rings. The van der Waals surface area contributed by atoms with Crippen molar-refractivity contribution in [3.63, 3.8) is 0 Å². The molecule has 0 aromatic heterocycles. The Kier molecular flexibility index (Phi) is 8.70. The second kappa shape index (κ2) is 11.0. The number of benzene rings is 2. The lowest BCUT2D eigenvalue weighted by atomic mass is 10.1. The average molecular weight is 417 g/mol. The monoisotopic (exact) mass is 416 g/mol. The van der Waals surface area contributed by atoms with Crippen LogP contribution in [-0.4, -0.2) is 35.1 Å². The fourth-order valence-corrected chi connectivity index (χ4v) is 3.47. The number of nitrogens with one attached hydrogen (secondary N) is 1. The quantitative estimate of drug-likeness (QED) is 0.616. The summed E-state index contributed by atoms with van der Waals surface area (Å²) < 4.78 is 13.2. The molecule has 0 heterocycles. The van der Waals surface area contributed by atoms with Crippen LogP contribution in [0, 0.1) is 18.7 Å². The van der Waals surface area contributed by atoms with Crippen LogP contribution in [0.3, 0.4) is 0 Å². The van der Waals surface area contributed by atoms with E-state index in [2.05, 4.69) is 5.32 Å². The van der Waals surface area contributed by atoms with Gasteiger partial charge in [0.1, 0.15) is 11.9 Å². The lowest BCUT2D eigenvalue weighted by molar-refractivity contribution is -0.138. The summed E-state index contributed by atoms with van der Waals surface area (Å²) in [6.45, 7) is 8.59. The molecule has 1 atom stereocenters. The van der Waals surface area contributed by atoms with Crippen LogP contribution < -0.4 is 5.32 Å². The number of thioether (sulfide) groups is 1. The van der Waals surface area contributed by atoms with Crippen molar-refractivity contribution in [1.29, 1.82) is 0 Å². The third kappa shape index (κ3) is 7.54. The number of hydrogen-bond donors (Lipinski definition) is 1. The van der Waals surface area contributed by atoms with Crippen LogP contribution >= 0.6 is 11.8 Å². The van der Waals surface area contributed by atoms with Gasteiger partial charge in [0.05, 0.1) is 5.75 Å². The van der Waals surface area contributed by atoms with E-state index in [1.54, 1.807) is 24.0 Å². The van der Waals surface area contributed by atoms with Crippen LogP contribution in [0.15, 0.2) is 53.4 Å². The van der Waals surface area contributed by atoms with Crippen molar-refractivity contribution in [3.8, 4) is 0 Å². The molecule has 2 amide bonds. The van der Waals surface area contributed by atoms with E-state index in [-0.39, 0.29) is 29.9 Å². The Hall–Kier alpha value is -2.34. The zero-order valence-corrected chi connectivity index (χ0v) is 18.3. The Morgan fingerprint density at radius 1 is 1.03 bits per heavy atom. The zero-order chi connectivity index (χ0) is 21.4. The first-order chi connectivity index (χ1) is 13.8. The van der Waals surface area contributed by atoms with E-state index in [0.29, 0.717) is 12.5 Å². The van der Waals surface area contributed by atoms with Gasteiger partial charge in [-0.15, -0.1) is 11.8 Å². The maximum atomic E-state index is 13.2. The van der Waals surface area contributed by atoms with Crippen LogP contribution in [0.1, 0.15) is 31.9 Å². The van der Waals surface area contributed by atoms with Crippen molar-refractivity contribution < 1.29 is 14.0 Å². The summed E-state index contributed by atoms with van der Waals surface area (Å²) >= 11 is 1.44. The van der Waals surface area contributed by atoms with E-state index in [9.17, 15) is 14.0 Å². The first kappa shape index (κ1) is 22.9. The summed E-state index contributed by atoms with van der Waals surface area (Å²) in [6, 6.07) is 13.4. The number of amides is 2. The number of carbonyl (C=O) groups excluding carboxylic acids is 2. The van der Waals surface area contributed by atoms with Gasteiger partial charge >= 0.3 is 0 Å². The van der Waals surface area contributed by atoms with Crippen molar-refractivity contribution in [3.05, 3.63) is 65.5 Å². The minimum Gasteiger partial charge on any atom is -0.354 e. The van der Waals surface area contributed by atoms with Crippen molar-refractivity contribution >= 4 is 23.6 Å². The van der Waals surface area contributed by atoms with Gasteiger partial charge in [0.2, 0.25) is 11.8 Å². The van der Waals surface area contributed by atoms with Gasteiger partial charge in [-0.25, -0.2) is 4.39 Å². The van der Waals surface area contributed by atoms with E-state index in [0.717, 1.165) is 16.0 Å².